The first-order valence-corrected chi connectivity index (χ1v) is 7.34. The lowest BCUT2D eigenvalue weighted by Gasteiger charge is -2.22. The Morgan fingerprint density at radius 1 is 1.32 bits per heavy atom. The lowest BCUT2D eigenvalue weighted by molar-refractivity contribution is -0.154. The number of ether oxygens (including phenoxy) is 2. The van der Waals surface area contributed by atoms with Crippen molar-refractivity contribution in [2.45, 2.75) is 19.1 Å². The molecule has 0 unspecified atom stereocenters. The second-order valence-corrected chi connectivity index (χ2v) is 5.42. The smallest absolute Gasteiger partial charge is 0.329 e. The van der Waals surface area contributed by atoms with E-state index < -0.39 is 6.04 Å². The van der Waals surface area contributed by atoms with E-state index in [-0.39, 0.29) is 30.9 Å². The summed E-state index contributed by atoms with van der Waals surface area (Å²) in [4.78, 5) is 25.7. The molecule has 2 atom stereocenters. The Balaban J connectivity index is 1.97. The molecule has 1 aliphatic heterocycles. The Bertz CT molecular complexity index is 506. The van der Waals surface area contributed by atoms with Gasteiger partial charge in [0.15, 0.2) is 0 Å². The highest BCUT2D eigenvalue weighted by atomic mass is 16.5. The van der Waals surface area contributed by atoms with Gasteiger partial charge in [0.05, 0.1) is 13.2 Å². The predicted octanol–water partition coefficient (Wildman–Crippen LogP) is 0.552. The highest BCUT2D eigenvalue weighted by molar-refractivity contribution is 5.86. The number of benzene rings is 1. The molecule has 1 aromatic carbocycles. The van der Waals surface area contributed by atoms with Crippen LogP contribution in [-0.4, -0.2) is 49.6 Å². The van der Waals surface area contributed by atoms with E-state index in [1.165, 1.54) is 4.90 Å². The van der Waals surface area contributed by atoms with Crippen molar-refractivity contribution in [3.63, 3.8) is 0 Å². The second kappa shape index (κ2) is 7.91. The number of methoxy groups -OCH3 is 1. The first-order chi connectivity index (χ1) is 10.7. The molecule has 0 aliphatic carbocycles. The minimum absolute atomic E-state index is 0.109. The molecular formula is C16H22N2O4. The molecule has 0 radical (unpaired) electrons. The highest BCUT2D eigenvalue weighted by Gasteiger charge is 2.39. The number of carbonyl (C=O) groups is 2. The van der Waals surface area contributed by atoms with Crippen molar-refractivity contribution in [2.24, 2.45) is 11.7 Å². The summed E-state index contributed by atoms with van der Waals surface area (Å²) in [6, 6.07) is 8.88. The Hall–Kier alpha value is -1.92. The number of esters is 1. The number of nitrogens with two attached hydrogens (primary N) is 1. The number of nitrogens with zero attached hydrogens (tertiary/aromatic N) is 1. The lowest BCUT2D eigenvalue weighted by Crippen LogP contribution is -2.44. The zero-order valence-corrected chi connectivity index (χ0v) is 12.7. The summed E-state index contributed by atoms with van der Waals surface area (Å²) in [7, 11) is 1.61. The van der Waals surface area contributed by atoms with Crippen LogP contribution in [0.2, 0.25) is 0 Å². The molecule has 0 aromatic heterocycles. The van der Waals surface area contributed by atoms with E-state index in [1.807, 2.05) is 30.3 Å². The van der Waals surface area contributed by atoms with Crippen LogP contribution in [0.15, 0.2) is 30.3 Å². The number of carbonyl (C=O) groups excluding carboxylic acids is 2. The van der Waals surface area contributed by atoms with E-state index in [4.69, 9.17) is 15.2 Å². The molecule has 6 nitrogen and oxygen atoms in total. The van der Waals surface area contributed by atoms with Gasteiger partial charge in [0.1, 0.15) is 12.6 Å². The van der Waals surface area contributed by atoms with E-state index in [0.717, 1.165) is 5.56 Å². The lowest BCUT2D eigenvalue weighted by atomic mass is 10.1. The molecule has 22 heavy (non-hydrogen) atoms. The van der Waals surface area contributed by atoms with E-state index in [1.54, 1.807) is 7.11 Å². The van der Waals surface area contributed by atoms with Crippen LogP contribution < -0.4 is 5.73 Å². The van der Waals surface area contributed by atoms with Crippen LogP contribution in [0.25, 0.3) is 0 Å². The molecule has 1 heterocycles. The summed E-state index contributed by atoms with van der Waals surface area (Å²) >= 11 is 0. The van der Waals surface area contributed by atoms with Crippen molar-refractivity contribution in [2.75, 3.05) is 26.8 Å². The standard InChI is InChI=1S/C16H22N2O4/c1-21-10-13-7-14(18(9-13)15(19)8-17)16(20)22-11-12-5-3-2-4-6-12/h2-6,13-14H,7-11,17H2,1H3/t13-,14+/m1/s1. The summed E-state index contributed by atoms with van der Waals surface area (Å²) in [5, 5.41) is 0. The molecule has 0 bridgehead atoms. The van der Waals surface area contributed by atoms with Gasteiger partial charge in [0, 0.05) is 19.6 Å². The summed E-state index contributed by atoms with van der Waals surface area (Å²) in [6.45, 7) is 1.09. The van der Waals surface area contributed by atoms with Gasteiger partial charge in [0.2, 0.25) is 5.91 Å². The largest absolute Gasteiger partial charge is 0.459 e. The Morgan fingerprint density at radius 3 is 2.68 bits per heavy atom. The quantitative estimate of drug-likeness (QED) is 0.776. The molecule has 2 N–H and O–H groups in total. The van der Waals surface area contributed by atoms with Crippen LogP contribution in [0.4, 0.5) is 0 Å². The average molecular weight is 306 g/mol. The van der Waals surface area contributed by atoms with Gasteiger partial charge >= 0.3 is 5.97 Å². The molecule has 1 aromatic rings. The fourth-order valence-corrected chi connectivity index (χ4v) is 2.72. The molecule has 1 fully saturated rings. The first-order valence-electron chi connectivity index (χ1n) is 7.34. The van der Waals surface area contributed by atoms with Gasteiger partial charge in [-0.15, -0.1) is 0 Å². The topological polar surface area (TPSA) is 81.9 Å². The Morgan fingerprint density at radius 2 is 2.05 bits per heavy atom. The summed E-state index contributed by atoms with van der Waals surface area (Å²) in [5.74, 6) is -0.487. The number of likely N-dealkylation sites (tertiary alicyclic amines) is 1. The van der Waals surface area contributed by atoms with Crippen LogP contribution in [0.3, 0.4) is 0 Å². The molecule has 120 valence electrons. The number of hydrogen-bond acceptors (Lipinski definition) is 5. The third-order valence-corrected chi connectivity index (χ3v) is 3.78. The average Bonchev–Trinajstić information content (AvgIpc) is 2.97. The summed E-state index contributed by atoms with van der Waals surface area (Å²) in [6.07, 6.45) is 0.549. The molecule has 0 saturated carbocycles. The minimum atomic E-state index is -0.570. The van der Waals surface area contributed by atoms with Gasteiger partial charge < -0.3 is 20.1 Å². The minimum Gasteiger partial charge on any atom is -0.459 e. The van der Waals surface area contributed by atoms with Crippen LogP contribution in [-0.2, 0) is 25.7 Å². The Labute approximate surface area is 130 Å². The van der Waals surface area contributed by atoms with E-state index >= 15 is 0 Å². The van der Waals surface area contributed by atoms with Gasteiger partial charge in [-0.05, 0) is 12.0 Å². The SMILES string of the molecule is COC[C@@H]1C[C@@H](C(=O)OCc2ccccc2)N(C(=O)CN)C1. The first kappa shape index (κ1) is 16.5. The fraction of sp³-hybridized carbons (Fsp3) is 0.500. The van der Waals surface area contributed by atoms with E-state index in [2.05, 4.69) is 0 Å². The highest BCUT2D eigenvalue weighted by Crippen LogP contribution is 2.25. The fourth-order valence-electron chi connectivity index (χ4n) is 2.72. The van der Waals surface area contributed by atoms with E-state index in [9.17, 15) is 9.59 Å². The zero-order valence-electron chi connectivity index (χ0n) is 12.7. The number of amides is 1. The maximum absolute atomic E-state index is 12.3. The van der Waals surface area contributed by atoms with Crippen LogP contribution in [0.5, 0.6) is 0 Å². The van der Waals surface area contributed by atoms with Gasteiger partial charge in [-0.25, -0.2) is 4.79 Å². The third kappa shape index (κ3) is 4.05. The maximum atomic E-state index is 12.3. The molecule has 1 saturated heterocycles. The Kier molecular flexibility index (Phi) is 5.91. The van der Waals surface area contributed by atoms with Gasteiger partial charge in [0.25, 0.3) is 0 Å². The normalized spacial score (nSPS) is 20.9. The van der Waals surface area contributed by atoms with Crippen LogP contribution in [0, 0.1) is 5.92 Å². The third-order valence-electron chi connectivity index (χ3n) is 3.78. The van der Waals surface area contributed by atoms with Gasteiger partial charge in [-0.3, -0.25) is 4.79 Å². The monoisotopic (exact) mass is 306 g/mol. The van der Waals surface area contributed by atoms with Crippen molar-refractivity contribution in [1.29, 1.82) is 0 Å². The number of hydrogen-bond donors (Lipinski definition) is 1. The molecule has 1 aliphatic rings. The van der Waals surface area contributed by atoms with Crippen molar-refractivity contribution >= 4 is 11.9 Å². The molecular weight excluding hydrogens is 284 g/mol. The van der Waals surface area contributed by atoms with Crippen molar-refractivity contribution in [3.05, 3.63) is 35.9 Å². The van der Waals surface area contributed by atoms with Crippen molar-refractivity contribution in [3.8, 4) is 0 Å². The second-order valence-electron chi connectivity index (χ2n) is 5.42. The predicted molar refractivity (Wildman–Crippen MR) is 80.8 cm³/mol. The van der Waals surface area contributed by atoms with Crippen LogP contribution in [0.1, 0.15) is 12.0 Å². The maximum Gasteiger partial charge on any atom is 0.329 e. The van der Waals surface area contributed by atoms with Crippen LogP contribution >= 0.6 is 0 Å². The van der Waals surface area contributed by atoms with Crippen molar-refractivity contribution < 1.29 is 19.1 Å². The van der Waals surface area contributed by atoms with Gasteiger partial charge in [-0.1, -0.05) is 30.3 Å². The summed E-state index contributed by atoms with van der Waals surface area (Å²) in [5.41, 5.74) is 6.34. The van der Waals surface area contributed by atoms with Gasteiger partial charge in [-0.2, -0.15) is 0 Å². The summed E-state index contributed by atoms with van der Waals surface area (Å²) < 4.78 is 10.5. The molecule has 2 rings (SSSR count). The molecule has 0 spiro atoms. The molecule has 6 heteroatoms. The number of rotatable bonds is 6. The van der Waals surface area contributed by atoms with Crippen molar-refractivity contribution in [1.82, 2.24) is 4.90 Å². The molecule has 1 amide bonds. The van der Waals surface area contributed by atoms with E-state index in [0.29, 0.717) is 19.6 Å². The zero-order chi connectivity index (χ0) is 15.9.